The summed E-state index contributed by atoms with van der Waals surface area (Å²) in [5, 5.41) is 13.7. The summed E-state index contributed by atoms with van der Waals surface area (Å²) in [4.78, 5) is 12.5. The molecule has 0 aliphatic carbocycles. The van der Waals surface area contributed by atoms with E-state index in [4.69, 9.17) is 4.74 Å². The summed E-state index contributed by atoms with van der Waals surface area (Å²) >= 11 is 0. The average Bonchev–Trinajstić information content (AvgIpc) is 2.63. The first kappa shape index (κ1) is 14.1. The molecule has 0 radical (unpaired) electrons. The Labute approximate surface area is 124 Å². The highest BCUT2D eigenvalue weighted by atomic mass is 16.5. The summed E-state index contributed by atoms with van der Waals surface area (Å²) in [6.45, 7) is 7.01. The molecule has 21 heavy (non-hydrogen) atoms. The molecule has 1 saturated heterocycles. The molecule has 1 unspecified atom stereocenters. The van der Waals surface area contributed by atoms with E-state index in [9.17, 15) is 9.90 Å². The Morgan fingerprint density at radius 3 is 2.48 bits per heavy atom. The van der Waals surface area contributed by atoms with E-state index >= 15 is 0 Å². The number of hydrogen-bond donors (Lipinski definition) is 2. The van der Waals surface area contributed by atoms with E-state index in [0.29, 0.717) is 18.8 Å². The first-order valence-corrected chi connectivity index (χ1v) is 7.37. The fraction of sp³-hybridized carbons (Fsp3) is 0.471. The molecule has 4 heteroatoms. The maximum atomic E-state index is 12.5. The second kappa shape index (κ2) is 4.88. The fourth-order valence-electron chi connectivity index (χ4n) is 3.57. The Morgan fingerprint density at radius 1 is 1.24 bits per heavy atom. The fourth-order valence-corrected chi connectivity index (χ4v) is 3.57. The third-order valence-electron chi connectivity index (χ3n) is 4.44. The number of carbonyl (C=O) groups is 1. The van der Waals surface area contributed by atoms with E-state index in [1.807, 2.05) is 32.9 Å². The quantitative estimate of drug-likeness (QED) is 0.834. The van der Waals surface area contributed by atoms with Crippen LogP contribution in [0.1, 0.15) is 35.1 Å². The van der Waals surface area contributed by atoms with Crippen LogP contribution in [-0.2, 0) is 9.53 Å². The molecule has 4 nitrogen and oxygen atoms in total. The van der Waals surface area contributed by atoms with Crippen molar-refractivity contribution in [2.45, 2.75) is 39.2 Å². The zero-order chi connectivity index (χ0) is 15.2. The lowest BCUT2D eigenvalue weighted by Crippen LogP contribution is -2.50. The van der Waals surface area contributed by atoms with Gasteiger partial charge in [-0.2, -0.15) is 0 Å². The number of carbonyl (C=O) groups excluding carboxylic acids is 1. The van der Waals surface area contributed by atoms with Crippen molar-refractivity contribution >= 4 is 11.5 Å². The summed E-state index contributed by atoms with van der Waals surface area (Å²) < 4.78 is 5.48. The van der Waals surface area contributed by atoms with Crippen molar-refractivity contribution in [1.29, 1.82) is 0 Å². The van der Waals surface area contributed by atoms with Crippen molar-refractivity contribution in [3.05, 3.63) is 40.1 Å². The van der Waals surface area contributed by atoms with Crippen molar-refractivity contribution in [1.82, 2.24) is 5.32 Å². The largest absolute Gasteiger partial charge is 0.509 e. The predicted molar refractivity (Wildman–Crippen MR) is 81.1 cm³/mol. The lowest BCUT2D eigenvalue weighted by atomic mass is 9.88. The molecule has 112 valence electrons. The Balaban J connectivity index is 2.15. The molecule has 1 aromatic carbocycles. The molecule has 2 heterocycles. The second-order valence-electron chi connectivity index (χ2n) is 6.19. The van der Waals surface area contributed by atoms with Gasteiger partial charge >= 0.3 is 0 Å². The molecule has 3 rings (SSSR count). The molecule has 0 bridgehead atoms. The highest BCUT2D eigenvalue weighted by molar-refractivity contribution is 6.24. The van der Waals surface area contributed by atoms with Gasteiger partial charge in [0, 0.05) is 6.61 Å². The number of benzene rings is 1. The molecular formula is C17H21NO3. The van der Waals surface area contributed by atoms with Crippen LogP contribution in [0.4, 0.5) is 0 Å². The number of aryl methyl sites for hydroxylation is 3. The summed E-state index contributed by atoms with van der Waals surface area (Å²) in [6, 6.07) is 4.08. The number of aliphatic hydroxyl groups is 1. The van der Waals surface area contributed by atoms with Gasteiger partial charge in [-0.25, -0.2) is 0 Å². The summed E-state index contributed by atoms with van der Waals surface area (Å²) in [5.74, 6) is -0.0599. The van der Waals surface area contributed by atoms with E-state index in [2.05, 4.69) is 5.32 Å². The van der Waals surface area contributed by atoms with Crippen LogP contribution in [0, 0.1) is 20.8 Å². The first-order valence-electron chi connectivity index (χ1n) is 7.37. The molecule has 1 amide bonds. The predicted octanol–water partition coefficient (Wildman–Crippen LogP) is 2.56. The van der Waals surface area contributed by atoms with Crippen LogP contribution in [0.3, 0.4) is 0 Å². The standard InChI is InChI=1S/C17H21NO3/c1-10-7-11(2)13(12(3)8-10)14-15(19)17(18-16(14)20)5-4-6-21-9-17/h7-8,19H,4-6,9H2,1-3H3,(H,18,20). The van der Waals surface area contributed by atoms with E-state index in [-0.39, 0.29) is 11.7 Å². The zero-order valence-electron chi connectivity index (χ0n) is 12.7. The van der Waals surface area contributed by atoms with Crippen LogP contribution in [0.15, 0.2) is 17.9 Å². The Bertz CT molecular complexity index is 616. The highest BCUT2D eigenvalue weighted by Gasteiger charge is 2.47. The number of rotatable bonds is 1. The van der Waals surface area contributed by atoms with Gasteiger partial charge in [0.2, 0.25) is 0 Å². The van der Waals surface area contributed by atoms with E-state index in [1.54, 1.807) is 0 Å². The van der Waals surface area contributed by atoms with Crippen molar-refractivity contribution < 1.29 is 14.6 Å². The van der Waals surface area contributed by atoms with Crippen molar-refractivity contribution in [2.75, 3.05) is 13.2 Å². The first-order chi connectivity index (χ1) is 9.94. The minimum Gasteiger partial charge on any atom is -0.509 e. The lowest BCUT2D eigenvalue weighted by molar-refractivity contribution is -0.117. The van der Waals surface area contributed by atoms with Crippen LogP contribution in [0.2, 0.25) is 0 Å². The van der Waals surface area contributed by atoms with Gasteiger partial charge in [-0.1, -0.05) is 17.7 Å². The summed E-state index contributed by atoms with van der Waals surface area (Å²) in [7, 11) is 0. The molecule has 1 aromatic rings. The number of ether oxygens (including phenoxy) is 1. The molecule has 1 spiro atoms. The van der Waals surface area contributed by atoms with Crippen LogP contribution in [0.25, 0.3) is 5.57 Å². The Kier molecular flexibility index (Phi) is 3.29. The van der Waals surface area contributed by atoms with E-state index < -0.39 is 5.54 Å². The van der Waals surface area contributed by atoms with Gasteiger partial charge in [0.05, 0.1) is 12.2 Å². The Morgan fingerprint density at radius 2 is 1.90 bits per heavy atom. The van der Waals surface area contributed by atoms with Gasteiger partial charge in [0.25, 0.3) is 5.91 Å². The summed E-state index contributed by atoms with van der Waals surface area (Å²) in [5.41, 5.74) is 3.71. The lowest BCUT2D eigenvalue weighted by Gasteiger charge is -2.33. The van der Waals surface area contributed by atoms with Crippen molar-refractivity contribution in [3.8, 4) is 0 Å². The van der Waals surface area contributed by atoms with Gasteiger partial charge < -0.3 is 15.2 Å². The van der Waals surface area contributed by atoms with E-state index in [0.717, 1.165) is 35.1 Å². The van der Waals surface area contributed by atoms with Gasteiger partial charge in [-0.15, -0.1) is 0 Å². The van der Waals surface area contributed by atoms with Crippen LogP contribution in [0.5, 0.6) is 0 Å². The number of amides is 1. The average molecular weight is 287 g/mol. The van der Waals surface area contributed by atoms with Crippen molar-refractivity contribution in [3.63, 3.8) is 0 Å². The number of nitrogens with one attached hydrogen (secondary N) is 1. The minimum atomic E-state index is -0.728. The minimum absolute atomic E-state index is 0.141. The maximum absolute atomic E-state index is 12.5. The Hall–Kier alpha value is -1.81. The van der Waals surface area contributed by atoms with Crippen molar-refractivity contribution in [2.24, 2.45) is 0 Å². The zero-order valence-corrected chi connectivity index (χ0v) is 12.7. The SMILES string of the molecule is Cc1cc(C)c(C2=C(O)C3(CCCOC3)NC2=O)c(C)c1. The second-order valence-corrected chi connectivity index (χ2v) is 6.19. The van der Waals surface area contributed by atoms with Crippen LogP contribution >= 0.6 is 0 Å². The van der Waals surface area contributed by atoms with Crippen LogP contribution < -0.4 is 5.32 Å². The molecular weight excluding hydrogens is 266 g/mol. The maximum Gasteiger partial charge on any atom is 0.256 e. The molecule has 1 atom stereocenters. The summed E-state index contributed by atoms with van der Waals surface area (Å²) in [6.07, 6.45) is 1.56. The highest BCUT2D eigenvalue weighted by Crippen LogP contribution is 2.38. The third kappa shape index (κ3) is 2.14. The van der Waals surface area contributed by atoms with Crippen LogP contribution in [-0.4, -0.2) is 29.8 Å². The van der Waals surface area contributed by atoms with Gasteiger partial charge in [0.1, 0.15) is 11.3 Å². The number of hydrogen-bond acceptors (Lipinski definition) is 3. The smallest absolute Gasteiger partial charge is 0.256 e. The van der Waals surface area contributed by atoms with E-state index in [1.165, 1.54) is 0 Å². The van der Waals surface area contributed by atoms with Gasteiger partial charge in [0.15, 0.2) is 0 Å². The topological polar surface area (TPSA) is 58.6 Å². The molecule has 0 aromatic heterocycles. The molecule has 1 fully saturated rings. The monoisotopic (exact) mass is 287 g/mol. The molecule has 2 aliphatic rings. The van der Waals surface area contributed by atoms with Gasteiger partial charge in [-0.05, 0) is 50.3 Å². The third-order valence-corrected chi connectivity index (χ3v) is 4.44. The molecule has 0 saturated carbocycles. The molecule has 2 aliphatic heterocycles. The number of aliphatic hydroxyl groups excluding tert-OH is 1. The molecule has 2 N–H and O–H groups in total. The van der Waals surface area contributed by atoms with Gasteiger partial charge in [-0.3, -0.25) is 4.79 Å². The normalized spacial score (nSPS) is 25.6.